The summed E-state index contributed by atoms with van der Waals surface area (Å²) < 4.78 is 17.1. The number of carbonyl (C=O) groups excluding carboxylic acids is 1. The molecule has 4 rings (SSSR count). The van der Waals surface area contributed by atoms with Crippen LogP contribution in [0, 0.1) is 0 Å². The first-order valence-corrected chi connectivity index (χ1v) is 10.6. The average Bonchev–Trinajstić information content (AvgIpc) is 3.32. The summed E-state index contributed by atoms with van der Waals surface area (Å²) in [6.07, 6.45) is 5.16. The normalized spacial score (nSPS) is 14.4. The first-order chi connectivity index (χ1) is 15.2. The first kappa shape index (κ1) is 20.9. The minimum atomic E-state index is 0.0132. The molecule has 0 N–H and O–H groups in total. The van der Waals surface area contributed by atoms with Crippen molar-refractivity contribution in [2.45, 2.75) is 20.1 Å². The topological polar surface area (TPSA) is 68.0 Å². The molecule has 0 atom stereocenters. The zero-order valence-electron chi connectivity index (χ0n) is 17.7. The fraction of sp³-hybridized carbons (Fsp3) is 0.333. The highest BCUT2D eigenvalue weighted by Crippen LogP contribution is 2.30. The highest BCUT2D eigenvalue weighted by molar-refractivity contribution is 5.95. The Morgan fingerprint density at radius 2 is 1.84 bits per heavy atom. The number of aromatic nitrogens is 1. The zero-order valence-corrected chi connectivity index (χ0v) is 17.7. The van der Waals surface area contributed by atoms with Gasteiger partial charge >= 0.3 is 0 Å². The van der Waals surface area contributed by atoms with E-state index in [4.69, 9.17) is 13.9 Å². The summed E-state index contributed by atoms with van der Waals surface area (Å²) in [5, 5.41) is 0. The van der Waals surface area contributed by atoms with E-state index < -0.39 is 0 Å². The van der Waals surface area contributed by atoms with E-state index in [0.29, 0.717) is 43.4 Å². The molecule has 2 aromatic heterocycles. The van der Waals surface area contributed by atoms with Crippen molar-refractivity contribution in [1.82, 2.24) is 14.8 Å². The van der Waals surface area contributed by atoms with Gasteiger partial charge in [0.1, 0.15) is 12.4 Å². The number of rotatable bonds is 8. The van der Waals surface area contributed by atoms with Gasteiger partial charge in [-0.2, -0.15) is 0 Å². The molecule has 31 heavy (non-hydrogen) atoms. The van der Waals surface area contributed by atoms with Crippen molar-refractivity contribution in [3.8, 4) is 11.5 Å². The lowest BCUT2D eigenvalue weighted by molar-refractivity contribution is 0.0620. The van der Waals surface area contributed by atoms with Crippen LogP contribution in [0.15, 0.2) is 65.5 Å². The van der Waals surface area contributed by atoms with E-state index in [2.05, 4.69) is 9.88 Å². The molecular weight excluding hydrogens is 394 g/mol. The van der Waals surface area contributed by atoms with Gasteiger partial charge < -0.3 is 18.8 Å². The molecule has 3 heterocycles. The van der Waals surface area contributed by atoms with Crippen molar-refractivity contribution in [2.75, 3.05) is 32.8 Å². The quantitative estimate of drug-likeness (QED) is 0.554. The molecule has 0 radical (unpaired) electrons. The fourth-order valence-electron chi connectivity index (χ4n) is 3.58. The van der Waals surface area contributed by atoms with E-state index in [9.17, 15) is 4.79 Å². The van der Waals surface area contributed by atoms with Gasteiger partial charge in [0, 0.05) is 44.1 Å². The molecule has 1 aromatic carbocycles. The Morgan fingerprint density at radius 3 is 2.55 bits per heavy atom. The van der Waals surface area contributed by atoms with Gasteiger partial charge in [-0.05, 0) is 55.0 Å². The van der Waals surface area contributed by atoms with E-state index in [0.717, 1.165) is 31.0 Å². The monoisotopic (exact) mass is 421 g/mol. The molecule has 1 saturated heterocycles. The summed E-state index contributed by atoms with van der Waals surface area (Å²) in [5.74, 6) is 2.17. The van der Waals surface area contributed by atoms with E-state index in [1.807, 2.05) is 48.2 Å². The molecule has 0 saturated carbocycles. The third kappa shape index (κ3) is 5.44. The number of hydrogen-bond acceptors (Lipinski definition) is 6. The summed E-state index contributed by atoms with van der Waals surface area (Å²) in [6.45, 7) is 6.60. The van der Waals surface area contributed by atoms with Gasteiger partial charge in [-0.3, -0.25) is 14.7 Å². The maximum Gasteiger partial charge on any atom is 0.254 e. The van der Waals surface area contributed by atoms with Crippen LogP contribution in [0.2, 0.25) is 0 Å². The Labute approximate surface area is 182 Å². The summed E-state index contributed by atoms with van der Waals surface area (Å²) in [6, 6.07) is 13.1. The van der Waals surface area contributed by atoms with Crippen molar-refractivity contribution in [2.24, 2.45) is 0 Å². The molecule has 1 amide bonds. The second kappa shape index (κ2) is 10.1. The number of nitrogens with zero attached hydrogens (tertiary/aromatic N) is 3. The maximum absolute atomic E-state index is 13.1. The molecule has 0 spiro atoms. The smallest absolute Gasteiger partial charge is 0.254 e. The van der Waals surface area contributed by atoms with Gasteiger partial charge in [0.15, 0.2) is 11.5 Å². The van der Waals surface area contributed by atoms with Gasteiger partial charge in [0.05, 0.1) is 19.4 Å². The number of amides is 1. The Hall–Kier alpha value is -3.32. The van der Waals surface area contributed by atoms with E-state index >= 15 is 0 Å². The van der Waals surface area contributed by atoms with Crippen molar-refractivity contribution in [3.05, 3.63) is 78.0 Å². The van der Waals surface area contributed by atoms with Gasteiger partial charge in [-0.15, -0.1) is 0 Å². The summed E-state index contributed by atoms with van der Waals surface area (Å²) in [4.78, 5) is 21.3. The Morgan fingerprint density at radius 1 is 1.03 bits per heavy atom. The van der Waals surface area contributed by atoms with Crippen LogP contribution in [0.5, 0.6) is 11.5 Å². The first-order valence-electron chi connectivity index (χ1n) is 10.6. The highest BCUT2D eigenvalue weighted by atomic mass is 16.5. The number of piperazine rings is 1. The van der Waals surface area contributed by atoms with Crippen LogP contribution in [0.4, 0.5) is 0 Å². The van der Waals surface area contributed by atoms with Crippen molar-refractivity contribution < 1.29 is 18.7 Å². The van der Waals surface area contributed by atoms with E-state index in [1.54, 1.807) is 24.7 Å². The van der Waals surface area contributed by atoms with Gasteiger partial charge in [0.2, 0.25) is 0 Å². The van der Waals surface area contributed by atoms with Gasteiger partial charge in [-0.25, -0.2) is 0 Å². The summed E-state index contributed by atoms with van der Waals surface area (Å²) in [5.41, 5.74) is 1.63. The van der Waals surface area contributed by atoms with Crippen LogP contribution < -0.4 is 9.47 Å². The number of hydrogen-bond donors (Lipinski definition) is 0. The fourth-order valence-corrected chi connectivity index (χ4v) is 3.58. The van der Waals surface area contributed by atoms with E-state index in [-0.39, 0.29) is 5.91 Å². The Balaban J connectivity index is 1.38. The predicted molar refractivity (Wildman–Crippen MR) is 116 cm³/mol. The molecule has 1 aliphatic heterocycles. The number of benzene rings is 1. The minimum absolute atomic E-state index is 0.0132. The van der Waals surface area contributed by atoms with Gasteiger partial charge in [-0.1, -0.05) is 0 Å². The van der Waals surface area contributed by atoms with Crippen molar-refractivity contribution >= 4 is 5.91 Å². The van der Waals surface area contributed by atoms with Crippen molar-refractivity contribution in [1.29, 1.82) is 0 Å². The number of ether oxygens (including phenoxy) is 2. The number of furan rings is 1. The van der Waals surface area contributed by atoms with Gasteiger partial charge in [0.25, 0.3) is 5.91 Å². The SMILES string of the molecule is CCOc1cc(C(=O)N2CCN(Cc3ccco3)CC2)ccc1OCc1ccncc1. The minimum Gasteiger partial charge on any atom is -0.490 e. The summed E-state index contributed by atoms with van der Waals surface area (Å²) in [7, 11) is 0. The predicted octanol–water partition coefficient (Wildman–Crippen LogP) is 3.61. The molecule has 7 heteroatoms. The lowest BCUT2D eigenvalue weighted by Gasteiger charge is -2.34. The van der Waals surface area contributed by atoms with Crippen LogP contribution >= 0.6 is 0 Å². The molecular formula is C24H27N3O4. The second-order valence-corrected chi connectivity index (χ2v) is 7.39. The molecule has 0 aliphatic carbocycles. The third-order valence-corrected chi connectivity index (χ3v) is 5.25. The zero-order chi connectivity index (χ0) is 21.5. The molecule has 0 unspecified atom stereocenters. The molecule has 162 valence electrons. The molecule has 3 aromatic rings. The Bertz CT molecular complexity index is 968. The second-order valence-electron chi connectivity index (χ2n) is 7.39. The maximum atomic E-state index is 13.1. The third-order valence-electron chi connectivity index (χ3n) is 5.25. The summed E-state index contributed by atoms with van der Waals surface area (Å²) >= 11 is 0. The van der Waals surface area contributed by atoms with Crippen LogP contribution in [0.1, 0.15) is 28.6 Å². The largest absolute Gasteiger partial charge is 0.490 e. The molecule has 0 bridgehead atoms. The van der Waals surface area contributed by atoms with Crippen LogP contribution in [-0.4, -0.2) is 53.5 Å². The van der Waals surface area contributed by atoms with Crippen LogP contribution in [0.3, 0.4) is 0 Å². The van der Waals surface area contributed by atoms with Crippen LogP contribution in [0.25, 0.3) is 0 Å². The number of carbonyl (C=O) groups is 1. The average molecular weight is 421 g/mol. The Kier molecular flexibility index (Phi) is 6.84. The van der Waals surface area contributed by atoms with Crippen molar-refractivity contribution in [3.63, 3.8) is 0 Å². The molecule has 7 nitrogen and oxygen atoms in total. The van der Waals surface area contributed by atoms with Crippen LogP contribution in [-0.2, 0) is 13.2 Å². The molecule has 1 fully saturated rings. The lowest BCUT2D eigenvalue weighted by atomic mass is 10.1. The standard InChI is InChI=1S/C24H27N3O4/c1-2-29-23-16-20(5-6-22(23)31-18-19-7-9-25-10-8-19)24(28)27-13-11-26(12-14-27)17-21-4-3-15-30-21/h3-10,15-16H,2,11-14,17-18H2,1H3. The highest BCUT2D eigenvalue weighted by Gasteiger charge is 2.23. The van der Waals surface area contributed by atoms with E-state index in [1.165, 1.54) is 0 Å². The lowest BCUT2D eigenvalue weighted by Crippen LogP contribution is -2.48. The number of pyridine rings is 1. The molecule has 1 aliphatic rings.